The quantitative estimate of drug-likeness (QED) is 0.386. The highest BCUT2D eigenvalue weighted by molar-refractivity contribution is 5.94. The van der Waals surface area contributed by atoms with Gasteiger partial charge in [-0.25, -0.2) is 9.37 Å². The van der Waals surface area contributed by atoms with Crippen molar-refractivity contribution in [3.8, 4) is 22.6 Å². The van der Waals surface area contributed by atoms with E-state index in [4.69, 9.17) is 4.98 Å². The smallest absolute Gasteiger partial charge is 0.274 e. The average molecular weight is 472 g/mol. The largest absolute Gasteiger partial charge is 0.340 e. The van der Waals surface area contributed by atoms with E-state index in [1.165, 1.54) is 18.6 Å². The van der Waals surface area contributed by atoms with Gasteiger partial charge in [0.2, 0.25) is 0 Å². The maximum Gasteiger partial charge on any atom is 0.274 e. The van der Waals surface area contributed by atoms with Crippen LogP contribution in [0.25, 0.3) is 22.6 Å². The zero-order valence-corrected chi connectivity index (χ0v) is 20.0. The Bertz CT molecular complexity index is 1310. The zero-order valence-electron chi connectivity index (χ0n) is 20.0. The van der Waals surface area contributed by atoms with Gasteiger partial charge in [-0.15, -0.1) is 0 Å². The highest BCUT2D eigenvalue weighted by Gasteiger charge is 2.26. The first-order chi connectivity index (χ1) is 17.1. The van der Waals surface area contributed by atoms with Crippen LogP contribution in [0.1, 0.15) is 47.6 Å². The molecular formula is C28H30FN5O. The minimum atomic E-state index is -0.278. The molecular weight excluding hydrogens is 441 g/mol. The van der Waals surface area contributed by atoms with Crippen LogP contribution >= 0.6 is 0 Å². The van der Waals surface area contributed by atoms with Crippen LogP contribution in [0.15, 0.2) is 60.7 Å². The molecule has 0 bridgehead atoms. The van der Waals surface area contributed by atoms with Crippen LogP contribution in [0.4, 0.5) is 4.39 Å². The molecule has 0 spiro atoms. The van der Waals surface area contributed by atoms with Crippen molar-refractivity contribution in [3.63, 3.8) is 0 Å². The lowest BCUT2D eigenvalue weighted by Crippen LogP contribution is -2.29. The Hall–Kier alpha value is -3.74. The summed E-state index contributed by atoms with van der Waals surface area (Å²) in [4.78, 5) is 20.1. The van der Waals surface area contributed by atoms with Crippen LogP contribution in [0.5, 0.6) is 0 Å². The first kappa shape index (κ1) is 23.0. The fraction of sp³-hybridized carbons (Fsp3) is 0.321. The number of imidazole rings is 1. The molecule has 4 aromatic rings. The molecule has 6 nitrogen and oxygen atoms in total. The van der Waals surface area contributed by atoms with Crippen molar-refractivity contribution in [3.05, 3.63) is 83.6 Å². The predicted octanol–water partition coefficient (Wildman–Crippen LogP) is 5.51. The summed E-state index contributed by atoms with van der Waals surface area (Å²) in [7, 11) is 1.85. The zero-order chi connectivity index (χ0) is 24.2. The summed E-state index contributed by atoms with van der Waals surface area (Å²) in [6, 6.07) is 18.5. The van der Waals surface area contributed by atoms with E-state index in [9.17, 15) is 9.18 Å². The number of nitrogens with zero attached hydrogens (tertiary/aromatic N) is 4. The first-order valence-corrected chi connectivity index (χ1v) is 12.3. The van der Waals surface area contributed by atoms with E-state index in [0.29, 0.717) is 12.2 Å². The van der Waals surface area contributed by atoms with Crippen molar-refractivity contribution in [2.45, 2.75) is 45.1 Å². The summed E-state index contributed by atoms with van der Waals surface area (Å²) >= 11 is 0. The molecule has 1 aliphatic heterocycles. The highest BCUT2D eigenvalue weighted by atomic mass is 19.1. The Morgan fingerprint density at radius 3 is 2.71 bits per heavy atom. The van der Waals surface area contributed by atoms with Gasteiger partial charge in [-0.3, -0.25) is 9.89 Å². The minimum Gasteiger partial charge on any atom is -0.340 e. The molecule has 0 radical (unpaired) electrons. The topological polar surface area (TPSA) is 66.8 Å². The van der Waals surface area contributed by atoms with Crippen molar-refractivity contribution in [1.29, 1.82) is 0 Å². The average Bonchev–Trinajstić information content (AvgIpc) is 3.41. The Labute approximate surface area is 204 Å². The summed E-state index contributed by atoms with van der Waals surface area (Å²) in [5.41, 5.74) is 5.13. The third-order valence-corrected chi connectivity index (χ3v) is 6.64. The fourth-order valence-electron chi connectivity index (χ4n) is 4.77. The number of fused-ring (bicyclic) bond motifs is 1. The molecule has 1 aliphatic rings. The molecule has 0 saturated carbocycles. The molecule has 180 valence electrons. The predicted molar refractivity (Wildman–Crippen MR) is 134 cm³/mol. The summed E-state index contributed by atoms with van der Waals surface area (Å²) in [6.07, 6.45) is 5.77. The van der Waals surface area contributed by atoms with Crippen LogP contribution in [0.2, 0.25) is 0 Å². The summed E-state index contributed by atoms with van der Waals surface area (Å²) in [5.74, 6) is 0.587. The number of aryl methyl sites for hydroxylation is 1. The minimum absolute atomic E-state index is 0.0251. The first-order valence-electron chi connectivity index (χ1n) is 12.3. The third kappa shape index (κ3) is 5.04. The Morgan fingerprint density at radius 2 is 1.89 bits per heavy atom. The molecule has 0 fully saturated rings. The lowest BCUT2D eigenvalue weighted by Gasteiger charge is -2.16. The van der Waals surface area contributed by atoms with Crippen LogP contribution < -0.4 is 0 Å². The van der Waals surface area contributed by atoms with E-state index in [2.05, 4.69) is 26.9 Å². The molecule has 0 unspecified atom stereocenters. The second-order valence-corrected chi connectivity index (χ2v) is 9.18. The SMILES string of the molecule is CN(CCCc1cc(-c2cccc(F)c2)n[nH]1)C(=O)c1nc(-c2ccccc2)n2c1CCCCC2. The maximum absolute atomic E-state index is 13.5. The number of halogens is 1. The number of carbonyl (C=O) groups excluding carboxylic acids is 1. The van der Waals surface area contributed by atoms with Crippen LogP contribution in [0.3, 0.4) is 0 Å². The van der Waals surface area contributed by atoms with Crippen molar-refractivity contribution in [1.82, 2.24) is 24.6 Å². The second kappa shape index (κ2) is 10.3. The molecule has 3 heterocycles. The van der Waals surface area contributed by atoms with E-state index in [-0.39, 0.29) is 11.7 Å². The number of benzene rings is 2. The van der Waals surface area contributed by atoms with E-state index >= 15 is 0 Å². The number of aromatic nitrogens is 4. The summed E-state index contributed by atoms with van der Waals surface area (Å²) < 4.78 is 15.8. The number of carbonyl (C=O) groups is 1. The van der Waals surface area contributed by atoms with Gasteiger partial charge in [0, 0.05) is 37.0 Å². The second-order valence-electron chi connectivity index (χ2n) is 9.18. The van der Waals surface area contributed by atoms with Crippen LogP contribution in [-0.4, -0.2) is 44.1 Å². The number of amides is 1. The molecule has 5 rings (SSSR count). The Balaban J connectivity index is 1.27. The van der Waals surface area contributed by atoms with Gasteiger partial charge in [-0.2, -0.15) is 5.10 Å². The van der Waals surface area contributed by atoms with Crippen molar-refractivity contribution >= 4 is 5.91 Å². The van der Waals surface area contributed by atoms with Gasteiger partial charge in [-0.1, -0.05) is 48.9 Å². The molecule has 0 saturated heterocycles. The fourth-order valence-corrected chi connectivity index (χ4v) is 4.77. The lowest BCUT2D eigenvalue weighted by molar-refractivity contribution is 0.0787. The van der Waals surface area contributed by atoms with Crippen LogP contribution in [0, 0.1) is 5.82 Å². The van der Waals surface area contributed by atoms with Gasteiger partial charge in [0.25, 0.3) is 5.91 Å². The normalized spacial score (nSPS) is 13.3. The van der Waals surface area contributed by atoms with Gasteiger partial charge in [0.05, 0.1) is 11.4 Å². The third-order valence-electron chi connectivity index (χ3n) is 6.64. The molecule has 1 amide bonds. The number of H-pyrrole nitrogens is 1. The van der Waals surface area contributed by atoms with Crippen molar-refractivity contribution < 1.29 is 9.18 Å². The number of hydrogen-bond donors (Lipinski definition) is 1. The Kier molecular flexibility index (Phi) is 6.75. The van der Waals surface area contributed by atoms with Crippen molar-refractivity contribution in [2.75, 3.05) is 13.6 Å². The van der Waals surface area contributed by atoms with E-state index in [1.807, 2.05) is 37.4 Å². The van der Waals surface area contributed by atoms with Gasteiger partial charge in [-0.05, 0) is 50.3 Å². The monoisotopic (exact) mass is 471 g/mol. The van der Waals surface area contributed by atoms with Crippen LogP contribution in [-0.2, 0) is 19.4 Å². The van der Waals surface area contributed by atoms with Crippen molar-refractivity contribution in [2.24, 2.45) is 0 Å². The number of aromatic amines is 1. The van der Waals surface area contributed by atoms with Gasteiger partial charge < -0.3 is 9.47 Å². The summed E-state index contributed by atoms with van der Waals surface area (Å²) in [5, 5.41) is 7.35. The molecule has 1 N–H and O–H groups in total. The summed E-state index contributed by atoms with van der Waals surface area (Å²) in [6.45, 7) is 1.51. The molecule has 35 heavy (non-hydrogen) atoms. The highest BCUT2D eigenvalue weighted by Crippen LogP contribution is 2.28. The van der Waals surface area contributed by atoms with Gasteiger partial charge >= 0.3 is 0 Å². The molecule has 0 aliphatic carbocycles. The number of rotatable bonds is 7. The maximum atomic E-state index is 13.5. The molecule has 0 atom stereocenters. The Morgan fingerprint density at radius 1 is 1.06 bits per heavy atom. The van der Waals surface area contributed by atoms with E-state index in [0.717, 1.165) is 72.7 Å². The van der Waals surface area contributed by atoms with Gasteiger partial charge in [0.15, 0.2) is 0 Å². The number of hydrogen-bond acceptors (Lipinski definition) is 3. The molecule has 2 aromatic heterocycles. The van der Waals surface area contributed by atoms with Gasteiger partial charge in [0.1, 0.15) is 17.3 Å². The molecule has 2 aromatic carbocycles. The molecule has 7 heteroatoms. The van der Waals surface area contributed by atoms with E-state index < -0.39 is 0 Å². The number of nitrogens with one attached hydrogen (secondary N) is 1. The van der Waals surface area contributed by atoms with E-state index in [1.54, 1.807) is 11.0 Å². The lowest BCUT2D eigenvalue weighted by atomic mass is 10.1. The standard InChI is InChI=1S/C28H30FN5O/c1-33(16-9-14-23-19-24(32-31-23)21-12-8-13-22(29)18-21)28(35)26-25-15-6-3-7-17-34(25)27(30-26)20-10-4-2-5-11-20/h2,4-5,8,10-13,18-19H,3,6-7,9,14-17H2,1H3,(H,31,32).